The van der Waals surface area contributed by atoms with Crippen molar-refractivity contribution in [1.29, 1.82) is 0 Å². The van der Waals surface area contributed by atoms with Crippen molar-refractivity contribution >= 4 is 26.0 Å². The summed E-state index contributed by atoms with van der Waals surface area (Å²) in [6.07, 6.45) is 5.86. The topological polar surface area (TPSA) is 72.2 Å². The number of sulfonamides is 1. The second kappa shape index (κ2) is 7.17. The van der Waals surface area contributed by atoms with E-state index in [4.69, 9.17) is 5.73 Å². The minimum Gasteiger partial charge on any atom is -0.326 e. The van der Waals surface area contributed by atoms with Gasteiger partial charge in [-0.3, -0.25) is 0 Å². The third-order valence-electron chi connectivity index (χ3n) is 3.77. The molecule has 1 saturated carbocycles. The van der Waals surface area contributed by atoms with E-state index in [2.05, 4.69) is 20.7 Å². The van der Waals surface area contributed by atoms with E-state index < -0.39 is 15.8 Å². The Morgan fingerprint density at radius 1 is 1.24 bits per heavy atom. The molecule has 1 fully saturated rings. The molecule has 0 atom stereocenters. The first-order valence-electron chi connectivity index (χ1n) is 7.14. The van der Waals surface area contributed by atoms with Gasteiger partial charge < -0.3 is 5.73 Å². The lowest BCUT2D eigenvalue weighted by atomic mass is 10.1. The first-order chi connectivity index (χ1) is 9.94. The molecule has 1 aromatic rings. The van der Waals surface area contributed by atoms with Crippen LogP contribution in [0.15, 0.2) is 21.5 Å². The number of nitrogens with two attached hydrogens (primary N) is 1. The first kappa shape index (κ1) is 16.9. The van der Waals surface area contributed by atoms with E-state index in [9.17, 15) is 12.8 Å². The minimum absolute atomic E-state index is 0.0444. The van der Waals surface area contributed by atoms with Crippen LogP contribution >= 0.6 is 15.9 Å². The Morgan fingerprint density at radius 2 is 1.86 bits per heavy atom. The van der Waals surface area contributed by atoms with E-state index >= 15 is 0 Å². The summed E-state index contributed by atoms with van der Waals surface area (Å²) >= 11 is 3.20. The van der Waals surface area contributed by atoms with Gasteiger partial charge in [0.2, 0.25) is 10.0 Å². The van der Waals surface area contributed by atoms with Crippen molar-refractivity contribution in [2.45, 2.75) is 56.0 Å². The Hall–Kier alpha value is -0.500. The molecule has 0 aliphatic heterocycles. The van der Waals surface area contributed by atoms with E-state index in [0.29, 0.717) is 4.47 Å². The molecular formula is C14H20BrFN2O2S. The summed E-state index contributed by atoms with van der Waals surface area (Å²) in [5.41, 5.74) is 5.65. The summed E-state index contributed by atoms with van der Waals surface area (Å²) in [7, 11) is -3.87. The van der Waals surface area contributed by atoms with Crippen LogP contribution in [0.4, 0.5) is 4.39 Å². The van der Waals surface area contributed by atoms with Gasteiger partial charge in [-0.05, 0) is 25.0 Å². The molecule has 0 saturated heterocycles. The highest BCUT2D eigenvalue weighted by atomic mass is 79.9. The monoisotopic (exact) mass is 378 g/mol. The predicted molar refractivity (Wildman–Crippen MR) is 83.8 cm³/mol. The Morgan fingerprint density at radius 3 is 2.43 bits per heavy atom. The summed E-state index contributed by atoms with van der Waals surface area (Å²) in [5.74, 6) is -0.762. The maximum atomic E-state index is 14.3. The van der Waals surface area contributed by atoms with Crippen molar-refractivity contribution in [2.24, 2.45) is 5.73 Å². The quantitative estimate of drug-likeness (QED) is 0.790. The molecule has 0 bridgehead atoms. The predicted octanol–water partition coefficient (Wildman–Crippen LogP) is 3.05. The molecule has 4 nitrogen and oxygen atoms in total. The number of halogens is 2. The molecule has 0 radical (unpaired) electrons. The van der Waals surface area contributed by atoms with E-state index in [1.165, 1.54) is 12.1 Å². The van der Waals surface area contributed by atoms with Gasteiger partial charge in [-0.2, -0.15) is 0 Å². The van der Waals surface area contributed by atoms with Crippen molar-refractivity contribution in [3.8, 4) is 0 Å². The normalized spacial score (nSPS) is 17.7. The average molecular weight is 379 g/mol. The van der Waals surface area contributed by atoms with Crippen LogP contribution < -0.4 is 10.5 Å². The summed E-state index contributed by atoms with van der Waals surface area (Å²) in [5, 5.41) is 0. The SMILES string of the molecule is NCc1cc(Br)cc(S(=O)(=O)NC2CCCCCC2)c1F. The summed E-state index contributed by atoms with van der Waals surface area (Å²) in [6, 6.07) is 2.67. The highest BCUT2D eigenvalue weighted by Crippen LogP contribution is 2.25. The number of rotatable bonds is 4. The minimum atomic E-state index is -3.87. The van der Waals surface area contributed by atoms with Crippen LogP contribution in [0.2, 0.25) is 0 Å². The van der Waals surface area contributed by atoms with Gasteiger partial charge in [0.15, 0.2) is 0 Å². The van der Waals surface area contributed by atoms with E-state index in [1.807, 2.05) is 0 Å². The number of benzene rings is 1. The van der Waals surface area contributed by atoms with Crippen LogP contribution in [0, 0.1) is 5.82 Å². The van der Waals surface area contributed by atoms with Crippen LogP contribution in [0.25, 0.3) is 0 Å². The maximum absolute atomic E-state index is 14.3. The van der Waals surface area contributed by atoms with Crippen molar-refractivity contribution in [2.75, 3.05) is 0 Å². The summed E-state index contributed by atoms with van der Waals surface area (Å²) < 4.78 is 42.3. The van der Waals surface area contributed by atoms with Crippen LogP contribution in [0.5, 0.6) is 0 Å². The Balaban J connectivity index is 2.28. The van der Waals surface area contributed by atoms with Crippen molar-refractivity contribution < 1.29 is 12.8 Å². The molecule has 2 rings (SSSR count). The van der Waals surface area contributed by atoms with Gasteiger partial charge >= 0.3 is 0 Å². The third-order valence-corrected chi connectivity index (χ3v) is 5.74. The van der Waals surface area contributed by atoms with Crippen molar-refractivity contribution in [3.05, 3.63) is 28.0 Å². The highest BCUT2D eigenvalue weighted by molar-refractivity contribution is 9.10. The Labute approximate surface area is 133 Å². The van der Waals surface area contributed by atoms with E-state index in [1.54, 1.807) is 0 Å². The van der Waals surface area contributed by atoms with Crippen LogP contribution in [0.3, 0.4) is 0 Å². The van der Waals surface area contributed by atoms with Gasteiger partial charge in [-0.25, -0.2) is 17.5 Å². The molecular weight excluding hydrogens is 359 g/mol. The van der Waals surface area contributed by atoms with E-state index in [0.717, 1.165) is 38.5 Å². The average Bonchev–Trinajstić information content (AvgIpc) is 2.68. The van der Waals surface area contributed by atoms with Gasteiger partial charge in [-0.1, -0.05) is 41.6 Å². The zero-order valence-corrected chi connectivity index (χ0v) is 14.1. The fourth-order valence-electron chi connectivity index (χ4n) is 2.64. The number of hydrogen-bond acceptors (Lipinski definition) is 3. The molecule has 1 aliphatic rings. The second-order valence-electron chi connectivity index (χ2n) is 5.39. The lowest BCUT2D eigenvalue weighted by molar-refractivity contribution is 0.502. The number of hydrogen-bond donors (Lipinski definition) is 2. The molecule has 1 aliphatic carbocycles. The highest BCUT2D eigenvalue weighted by Gasteiger charge is 2.25. The van der Waals surface area contributed by atoms with Crippen molar-refractivity contribution in [1.82, 2.24) is 4.72 Å². The van der Waals surface area contributed by atoms with Gasteiger partial charge in [0.1, 0.15) is 10.7 Å². The Bertz CT molecular complexity index is 599. The first-order valence-corrected chi connectivity index (χ1v) is 9.42. The molecule has 0 heterocycles. The summed E-state index contributed by atoms with van der Waals surface area (Å²) in [4.78, 5) is -0.332. The van der Waals surface area contributed by atoms with Gasteiger partial charge in [-0.15, -0.1) is 0 Å². The van der Waals surface area contributed by atoms with Crippen LogP contribution in [-0.2, 0) is 16.6 Å². The van der Waals surface area contributed by atoms with Crippen LogP contribution in [0.1, 0.15) is 44.1 Å². The van der Waals surface area contributed by atoms with Gasteiger partial charge in [0.25, 0.3) is 0 Å². The van der Waals surface area contributed by atoms with Crippen LogP contribution in [-0.4, -0.2) is 14.5 Å². The van der Waals surface area contributed by atoms with Gasteiger partial charge in [0, 0.05) is 22.6 Å². The largest absolute Gasteiger partial charge is 0.326 e. The fourth-order valence-corrected chi connectivity index (χ4v) is 4.75. The fraction of sp³-hybridized carbons (Fsp3) is 0.571. The maximum Gasteiger partial charge on any atom is 0.243 e. The molecule has 0 amide bonds. The smallest absolute Gasteiger partial charge is 0.243 e. The Kier molecular flexibility index (Phi) is 5.76. The molecule has 0 unspecified atom stereocenters. The summed E-state index contributed by atoms with van der Waals surface area (Å²) in [6.45, 7) is -0.0444. The molecule has 3 N–H and O–H groups in total. The molecule has 0 aromatic heterocycles. The van der Waals surface area contributed by atoms with Gasteiger partial charge in [0.05, 0.1) is 0 Å². The molecule has 21 heavy (non-hydrogen) atoms. The number of nitrogens with one attached hydrogen (secondary N) is 1. The lowest BCUT2D eigenvalue weighted by Crippen LogP contribution is -2.35. The lowest BCUT2D eigenvalue weighted by Gasteiger charge is -2.17. The standard InChI is InChI=1S/C14H20BrFN2O2S/c15-11-7-10(9-17)14(16)13(8-11)21(19,20)18-12-5-3-1-2-4-6-12/h7-8,12,18H,1-6,9,17H2. The van der Waals surface area contributed by atoms with Crippen molar-refractivity contribution in [3.63, 3.8) is 0 Å². The third kappa shape index (κ3) is 4.25. The van der Waals surface area contributed by atoms with E-state index in [-0.39, 0.29) is 23.0 Å². The molecule has 7 heteroatoms. The molecule has 1 aromatic carbocycles. The second-order valence-corrected chi connectivity index (χ2v) is 7.99. The zero-order chi connectivity index (χ0) is 15.5. The molecule has 118 valence electrons. The zero-order valence-electron chi connectivity index (χ0n) is 11.7. The molecule has 0 spiro atoms.